The third-order valence-electron chi connectivity index (χ3n) is 3.32. The van der Waals surface area contributed by atoms with E-state index in [0.717, 1.165) is 10.8 Å². The SMILES string of the molecule is CC(C)C(=O)OC(C)c1c([N+](=O)[O-])ccc2ccccc12. The first kappa shape index (κ1) is 15.0. The van der Waals surface area contributed by atoms with Crippen molar-refractivity contribution in [1.29, 1.82) is 0 Å². The fraction of sp³-hybridized carbons (Fsp3) is 0.312. The minimum absolute atomic E-state index is 0.0299. The lowest BCUT2D eigenvalue weighted by atomic mass is 9.99. The van der Waals surface area contributed by atoms with Crippen LogP contribution in [0.1, 0.15) is 32.4 Å². The lowest BCUT2D eigenvalue weighted by molar-refractivity contribution is -0.386. The molecule has 0 aliphatic heterocycles. The van der Waals surface area contributed by atoms with E-state index in [2.05, 4.69) is 0 Å². The second kappa shape index (κ2) is 5.91. The highest BCUT2D eigenvalue weighted by Gasteiger charge is 2.25. The van der Waals surface area contributed by atoms with Gasteiger partial charge in [-0.2, -0.15) is 0 Å². The molecule has 0 saturated carbocycles. The fourth-order valence-electron chi connectivity index (χ4n) is 2.24. The van der Waals surface area contributed by atoms with E-state index in [0.29, 0.717) is 5.56 Å². The van der Waals surface area contributed by atoms with Crippen LogP contribution in [-0.2, 0) is 9.53 Å². The summed E-state index contributed by atoms with van der Waals surface area (Å²) in [7, 11) is 0. The number of carbonyl (C=O) groups excluding carboxylic acids is 1. The van der Waals surface area contributed by atoms with Crippen LogP contribution in [0.25, 0.3) is 10.8 Å². The van der Waals surface area contributed by atoms with Gasteiger partial charge in [0, 0.05) is 6.07 Å². The molecule has 110 valence electrons. The van der Waals surface area contributed by atoms with Crippen LogP contribution >= 0.6 is 0 Å². The van der Waals surface area contributed by atoms with Crippen molar-refractivity contribution in [3.8, 4) is 0 Å². The summed E-state index contributed by atoms with van der Waals surface area (Å²) in [4.78, 5) is 22.6. The number of benzene rings is 2. The Kier molecular flexibility index (Phi) is 4.21. The van der Waals surface area contributed by atoms with Crippen LogP contribution in [0.5, 0.6) is 0 Å². The Hall–Kier alpha value is -2.43. The number of nitrogens with zero attached hydrogens (tertiary/aromatic N) is 1. The smallest absolute Gasteiger partial charge is 0.308 e. The Morgan fingerprint density at radius 2 is 1.81 bits per heavy atom. The Balaban J connectivity index is 2.56. The lowest BCUT2D eigenvalue weighted by Gasteiger charge is -2.17. The van der Waals surface area contributed by atoms with Gasteiger partial charge >= 0.3 is 5.97 Å². The van der Waals surface area contributed by atoms with Crippen molar-refractivity contribution in [2.45, 2.75) is 26.9 Å². The van der Waals surface area contributed by atoms with Gasteiger partial charge in [-0.15, -0.1) is 0 Å². The molecule has 0 bridgehead atoms. The number of nitro benzene ring substituents is 1. The van der Waals surface area contributed by atoms with Crippen molar-refractivity contribution in [3.05, 3.63) is 52.1 Å². The Morgan fingerprint density at radius 3 is 2.43 bits per heavy atom. The predicted molar refractivity (Wildman–Crippen MR) is 79.9 cm³/mol. The van der Waals surface area contributed by atoms with Gasteiger partial charge in [0.2, 0.25) is 0 Å². The first-order valence-corrected chi connectivity index (χ1v) is 6.78. The summed E-state index contributed by atoms with van der Waals surface area (Å²) in [6.07, 6.45) is -0.675. The molecule has 2 rings (SSSR count). The number of ether oxygens (including phenoxy) is 1. The molecule has 1 unspecified atom stereocenters. The molecule has 0 amide bonds. The molecule has 0 saturated heterocycles. The van der Waals surface area contributed by atoms with Crippen molar-refractivity contribution in [2.24, 2.45) is 5.92 Å². The summed E-state index contributed by atoms with van der Waals surface area (Å²) in [5.41, 5.74) is 0.407. The topological polar surface area (TPSA) is 69.4 Å². The molecule has 0 aliphatic rings. The van der Waals surface area contributed by atoms with E-state index in [1.54, 1.807) is 32.9 Å². The molecule has 0 aliphatic carbocycles. The Labute approximate surface area is 122 Å². The molecule has 0 aromatic heterocycles. The Morgan fingerprint density at radius 1 is 1.14 bits per heavy atom. The molecule has 21 heavy (non-hydrogen) atoms. The van der Waals surface area contributed by atoms with Gasteiger partial charge in [-0.05, 0) is 23.8 Å². The third-order valence-corrected chi connectivity index (χ3v) is 3.32. The van der Waals surface area contributed by atoms with Crippen molar-refractivity contribution < 1.29 is 14.5 Å². The molecule has 0 fully saturated rings. The van der Waals surface area contributed by atoms with Gasteiger partial charge in [-0.3, -0.25) is 14.9 Å². The first-order chi connectivity index (χ1) is 9.91. The van der Waals surface area contributed by atoms with Crippen LogP contribution in [0.2, 0.25) is 0 Å². The first-order valence-electron chi connectivity index (χ1n) is 6.78. The van der Waals surface area contributed by atoms with Gasteiger partial charge in [0.15, 0.2) is 0 Å². The number of hydrogen-bond acceptors (Lipinski definition) is 4. The van der Waals surface area contributed by atoms with Crippen molar-refractivity contribution in [1.82, 2.24) is 0 Å². The summed E-state index contributed by atoms with van der Waals surface area (Å²) in [6.45, 7) is 5.12. The monoisotopic (exact) mass is 287 g/mol. The minimum atomic E-state index is -0.675. The van der Waals surface area contributed by atoms with Gasteiger partial charge < -0.3 is 4.74 Å². The van der Waals surface area contributed by atoms with Crippen LogP contribution in [0.4, 0.5) is 5.69 Å². The van der Waals surface area contributed by atoms with Crippen LogP contribution < -0.4 is 0 Å². The van der Waals surface area contributed by atoms with E-state index in [-0.39, 0.29) is 17.6 Å². The highest BCUT2D eigenvalue weighted by atomic mass is 16.6. The van der Waals surface area contributed by atoms with Crippen molar-refractivity contribution in [2.75, 3.05) is 0 Å². The van der Waals surface area contributed by atoms with E-state index in [4.69, 9.17) is 4.74 Å². The molecule has 0 heterocycles. The molecule has 0 spiro atoms. The maximum atomic E-state index is 11.8. The summed E-state index contributed by atoms with van der Waals surface area (Å²) < 4.78 is 5.35. The van der Waals surface area contributed by atoms with Gasteiger partial charge in [0.25, 0.3) is 5.69 Å². The van der Waals surface area contributed by atoms with Crippen LogP contribution in [0, 0.1) is 16.0 Å². The highest BCUT2D eigenvalue weighted by Crippen LogP contribution is 2.34. The Bertz CT molecular complexity index is 694. The molecule has 1 atom stereocenters. The van der Waals surface area contributed by atoms with Crippen LogP contribution in [-0.4, -0.2) is 10.9 Å². The summed E-state index contributed by atoms with van der Waals surface area (Å²) in [5, 5.41) is 12.9. The van der Waals surface area contributed by atoms with E-state index < -0.39 is 11.0 Å². The molecule has 2 aromatic carbocycles. The van der Waals surface area contributed by atoms with E-state index in [9.17, 15) is 14.9 Å². The second-order valence-corrected chi connectivity index (χ2v) is 5.21. The quantitative estimate of drug-likeness (QED) is 0.484. The molecular formula is C16H17NO4. The minimum Gasteiger partial charge on any atom is -0.457 e. The van der Waals surface area contributed by atoms with Gasteiger partial charge in [-0.1, -0.05) is 38.1 Å². The zero-order valence-electron chi connectivity index (χ0n) is 12.2. The van der Waals surface area contributed by atoms with E-state index in [1.165, 1.54) is 6.07 Å². The van der Waals surface area contributed by atoms with Crippen LogP contribution in [0.3, 0.4) is 0 Å². The molecule has 5 heteroatoms. The molecule has 2 aromatic rings. The largest absolute Gasteiger partial charge is 0.457 e. The zero-order valence-corrected chi connectivity index (χ0v) is 12.2. The van der Waals surface area contributed by atoms with Crippen molar-refractivity contribution >= 4 is 22.4 Å². The standard InChI is InChI=1S/C16H17NO4/c1-10(2)16(18)21-11(3)15-13-7-5-4-6-12(13)8-9-14(15)17(19)20/h4-11H,1-3H3. The van der Waals surface area contributed by atoms with Gasteiger partial charge in [0.05, 0.1) is 16.4 Å². The number of fused-ring (bicyclic) bond motifs is 1. The number of esters is 1. The van der Waals surface area contributed by atoms with Gasteiger partial charge in [-0.25, -0.2) is 0 Å². The molecule has 0 radical (unpaired) electrons. The summed E-state index contributed by atoms with van der Waals surface area (Å²) >= 11 is 0. The zero-order chi connectivity index (χ0) is 15.6. The number of rotatable bonds is 4. The summed E-state index contributed by atoms with van der Waals surface area (Å²) in [6, 6.07) is 10.5. The molecule has 5 nitrogen and oxygen atoms in total. The number of hydrogen-bond donors (Lipinski definition) is 0. The van der Waals surface area contributed by atoms with Crippen LogP contribution in [0.15, 0.2) is 36.4 Å². The van der Waals surface area contributed by atoms with Crippen molar-refractivity contribution in [3.63, 3.8) is 0 Å². The second-order valence-electron chi connectivity index (χ2n) is 5.21. The maximum absolute atomic E-state index is 11.8. The maximum Gasteiger partial charge on any atom is 0.308 e. The summed E-state index contributed by atoms with van der Waals surface area (Å²) in [5.74, 6) is -0.647. The highest BCUT2D eigenvalue weighted by molar-refractivity contribution is 5.89. The average molecular weight is 287 g/mol. The number of carbonyl (C=O) groups is 1. The predicted octanol–water partition coefficient (Wildman–Crippen LogP) is 4.01. The molecular weight excluding hydrogens is 270 g/mol. The van der Waals surface area contributed by atoms with Gasteiger partial charge in [0.1, 0.15) is 6.10 Å². The fourth-order valence-corrected chi connectivity index (χ4v) is 2.24. The van der Waals surface area contributed by atoms with E-state index in [1.807, 2.05) is 18.2 Å². The van der Waals surface area contributed by atoms with E-state index >= 15 is 0 Å². The molecule has 0 N–H and O–H groups in total. The number of nitro groups is 1. The normalized spacial score (nSPS) is 12.4. The lowest BCUT2D eigenvalue weighted by Crippen LogP contribution is -2.15. The third kappa shape index (κ3) is 3.02. The average Bonchev–Trinajstić information content (AvgIpc) is 2.45.